The van der Waals surface area contributed by atoms with E-state index >= 15 is 0 Å². The summed E-state index contributed by atoms with van der Waals surface area (Å²) in [5.74, 6) is -1.34. The summed E-state index contributed by atoms with van der Waals surface area (Å²) in [6.45, 7) is 1.32. The van der Waals surface area contributed by atoms with Gasteiger partial charge in [-0.1, -0.05) is 11.6 Å². The Morgan fingerprint density at radius 3 is 2.19 bits per heavy atom. The minimum atomic E-state index is -1.10. The molecule has 134 valence electrons. The Bertz CT molecular complexity index is 912. The zero-order chi connectivity index (χ0) is 19.4. The maximum absolute atomic E-state index is 12.2. The zero-order valence-electron chi connectivity index (χ0n) is 13.1. The second kappa shape index (κ2) is 7.57. The first kappa shape index (κ1) is 18.8. The lowest BCUT2D eigenvalue weighted by molar-refractivity contribution is -0.394. The summed E-state index contributed by atoms with van der Waals surface area (Å²) in [4.78, 5) is 43.2. The van der Waals surface area contributed by atoms with Crippen LogP contribution >= 0.6 is 11.6 Å². The monoisotopic (exact) mass is 379 g/mol. The third-order valence-corrected chi connectivity index (χ3v) is 3.45. The number of hydrogen-bond acceptors (Lipinski definition) is 7. The van der Waals surface area contributed by atoms with Gasteiger partial charge in [0.1, 0.15) is 10.8 Å². The average Bonchev–Trinajstić information content (AvgIpc) is 2.55. The Kier molecular flexibility index (Phi) is 5.48. The van der Waals surface area contributed by atoms with Crippen molar-refractivity contribution in [3.63, 3.8) is 0 Å². The molecule has 10 nitrogen and oxygen atoms in total. The molecular weight excluding hydrogens is 370 g/mol. The van der Waals surface area contributed by atoms with Crippen LogP contribution in [0.15, 0.2) is 36.4 Å². The number of carbonyl (C=O) groups is 2. The van der Waals surface area contributed by atoms with Crippen molar-refractivity contribution in [2.45, 2.75) is 6.92 Å². The number of nitro groups is 2. The molecule has 0 fully saturated rings. The second-order valence-electron chi connectivity index (χ2n) is 4.94. The van der Waals surface area contributed by atoms with Gasteiger partial charge in [-0.05, 0) is 24.3 Å². The Labute approximate surface area is 150 Å². The summed E-state index contributed by atoms with van der Waals surface area (Å²) < 4.78 is 5.03. The van der Waals surface area contributed by atoms with Crippen molar-refractivity contribution in [3.8, 4) is 5.75 Å². The number of nitrogens with one attached hydrogen (secondary N) is 1. The summed E-state index contributed by atoms with van der Waals surface area (Å²) in [7, 11) is 0. The summed E-state index contributed by atoms with van der Waals surface area (Å²) in [5.41, 5.74) is -1.51. The summed E-state index contributed by atoms with van der Waals surface area (Å²) in [6, 6.07) is 7.10. The number of esters is 1. The molecule has 0 aliphatic carbocycles. The maximum Gasteiger partial charge on any atom is 0.345 e. The van der Waals surface area contributed by atoms with Gasteiger partial charge in [0.15, 0.2) is 0 Å². The molecule has 2 rings (SSSR count). The van der Waals surface area contributed by atoms with E-state index in [-0.39, 0.29) is 11.7 Å². The van der Waals surface area contributed by atoms with E-state index in [0.29, 0.717) is 11.8 Å². The molecule has 0 saturated carbocycles. The van der Waals surface area contributed by atoms with Crippen LogP contribution < -0.4 is 10.1 Å². The Balaban J connectivity index is 2.33. The fraction of sp³-hybridized carbons (Fsp3) is 0.0667. The van der Waals surface area contributed by atoms with Crippen LogP contribution in [0, 0.1) is 20.2 Å². The van der Waals surface area contributed by atoms with E-state index in [9.17, 15) is 29.8 Å². The maximum atomic E-state index is 12.2. The quantitative estimate of drug-likeness (QED) is 0.363. The van der Waals surface area contributed by atoms with Crippen LogP contribution in [0.3, 0.4) is 0 Å². The molecule has 0 atom stereocenters. The van der Waals surface area contributed by atoms with Gasteiger partial charge in [0.25, 0.3) is 11.4 Å². The van der Waals surface area contributed by atoms with Gasteiger partial charge in [-0.3, -0.25) is 25.0 Å². The largest absolute Gasteiger partial charge is 0.423 e. The van der Waals surface area contributed by atoms with Crippen LogP contribution in [0.2, 0.25) is 5.02 Å². The second-order valence-corrected chi connectivity index (χ2v) is 5.31. The predicted molar refractivity (Wildman–Crippen MR) is 90.5 cm³/mol. The highest BCUT2D eigenvalue weighted by atomic mass is 35.5. The number of non-ortho nitro benzene ring substituents is 1. The predicted octanol–water partition coefficient (Wildman–Crippen LogP) is 3.33. The topological polar surface area (TPSA) is 142 Å². The lowest BCUT2D eigenvalue weighted by Crippen LogP contribution is -2.11. The van der Waals surface area contributed by atoms with Gasteiger partial charge in [0.2, 0.25) is 5.91 Å². The number of amides is 1. The zero-order valence-corrected chi connectivity index (χ0v) is 13.9. The Morgan fingerprint density at radius 2 is 1.69 bits per heavy atom. The number of carbonyl (C=O) groups excluding carboxylic acids is 2. The van der Waals surface area contributed by atoms with Gasteiger partial charge in [0, 0.05) is 18.7 Å². The van der Waals surface area contributed by atoms with Crippen molar-refractivity contribution < 1.29 is 24.2 Å². The van der Waals surface area contributed by atoms with Crippen LogP contribution in [-0.2, 0) is 4.79 Å². The molecule has 0 aromatic heterocycles. The normalized spacial score (nSPS) is 10.1. The first-order valence-electron chi connectivity index (χ1n) is 6.91. The van der Waals surface area contributed by atoms with E-state index in [2.05, 4.69) is 5.32 Å². The lowest BCUT2D eigenvalue weighted by Gasteiger charge is -2.07. The van der Waals surface area contributed by atoms with E-state index in [1.165, 1.54) is 31.2 Å². The molecule has 1 amide bonds. The van der Waals surface area contributed by atoms with Gasteiger partial charge in [-0.25, -0.2) is 4.79 Å². The molecular formula is C15H10ClN3O7. The van der Waals surface area contributed by atoms with Crippen molar-refractivity contribution in [3.05, 3.63) is 67.2 Å². The van der Waals surface area contributed by atoms with Crippen LogP contribution in [0.4, 0.5) is 17.1 Å². The molecule has 0 heterocycles. The third-order valence-electron chi connectivity index (χ3n) is 3.05. The number of anilines is 1. The van der Waals surface area contributed by atoms with Crippen molar-refractivity contribution in [1.29, 1.82) is 0 Å². The SMILES string of the molecule is CC(=O)Nc1ccc(OC(=O)c2cc([N+](=O)[O-])cc([N+](=O)[O-])c2Cl)cc1. The molecule has 0 unspecified atom stereocenters. The molecule has 2 aromatic rings. The molecule has 0 saturated heterocycles. The Hall–Kier alpha value is -3.53. The number of nitrogens with zero attached hydrogens (tertiary/aromatic N) is 2. The highest BCUT2D eigenvalue weighted by Gasteiger charge is 2.27. The van der Waals surface area contributed by atoms with Crippen molar-refractivity contribution >= 4 is 40.5 Å². The average molecular weight is 380 g/mol. The van der Waals surface area contributed by atoms with E-state index in [0.717, 1.165) is 6.07 Å². The first-order valence-corrected chi connectivity index (χ1v) is 7.29. The number of rotatable bonds is 5. The van der Waals surface area contributed by atoms with Crippen molar-refractivity contribution in [1.82, 2.24) is 0 Å². The van der Waals surface area contributed by atoms with Gasteiger partial charge in [-0.2, -0.15) is 0 Å². The molecule has 0 aliphatic rings. The number of benzene rings is 2. The molecule has 0 spiro atoms. The smallest absolute Gasteiger partial charge is 0.345 e. The van der Waals surface area contributed by atoms with Gasteiger partial charge in [-0.15, -0.1) is 0 Å². The summed E-state index contributed by atoms with van der Waals surface area (Å²) in [6.07, 6.45) is 0. The molecule has 1 N–H and O–H groups in total. The fourth-order valence-electron chi connectivity index (χ4n) is 1.95. The molecule has 11 heteroatoms. The van der Waals surface area contributed by atoms with Gasteiger partial charge < -0.3 is 10.1 Å². The van der Waals surface area contributed by atoms with E-state index in [4.69, 9.17) is 16.3 Å². The molecule has 0 radical (unpaired) electrons. The Morgan fingerprint density at radius 1 is 1.08 bits per heavy atom. The first-order chi connectivity index (χ1) is 12.2. The lowest BCUT2D eigenvalue weighted by atomic mass is 10.1. The third kappa shape index (κ3) is 4.30. The van der Waals surface area contributed by atoms with Gasteiger partial charge in [0.05, 0.1) is 21.5 Å². The van der Waals surface area contributed by atoms with Crippen molar-refractivity contribution in [2.75, 3.05) is 5.32 Å². The van der Waals surface area contributed by atoms with E-state index < -0.39 is 37.8 Å². The van der Waals surface area contributed by atoms with Crippen LogP contribution in [0.5, 0.6) is 5.75 Å². The standard InChI is InChI=1S/C15H10ClN3O7/c1-8(20)17-9-2-4-11(5-3-9)26-15(21)12-6-10(18(22)23)7-13(14(12)16)19(24)25/h2-7H,1H3,(H,17,20). The number of ether oxygens (including phenoxy) is 1. The molecule has 26 heavy (non-hydrogen) atoms. The van der Waals surface area contributed by atoms with Gasteiger partial charge >= 0.3 is 5.97 Å². The number of nitro benzene ring substituents is 2. The highest BCUT2D eigenvalue weighted by molar-refractivity contribution is 6.35. The minimum Gasteiger partial charge on any atom is -0.423 e. The molecule has 0 aliphatic heterocycles. The minimum absolute atomic E-state index is 0.0503. The molecule has 2 aromatic carbocycles. The molecule has 0 bridgehead atoms. The number of halogens is 1. The summed E-state index contributed by atoms with van der Waals surface area (Å²) >= 11 is 5.81. The summed E-state index contributed by atoms with van der Waals surface area (Å²) in [5, 5.41) is 23.8. The highest BCUT2D eigenvalue weighted by Crippen LogP contribution is 2.33. The fourth-order valence-corrected chi connectivity index (χ4v) is 2.21. The van der Waals surface area contributed by atoms with Crippen LogP contribution in [0.1, 0.15) is 17.3 Å². The van der Waals surface area contributed by atoms with E-state index in [1.807, 2.05) is 0 Å². The van der Waals surface area contributed by atoms with Crippen LogP contribution in [0.25, 0.3) is 0 Å². The van der Waals surface area contributed by atoms with Crippen molar-refractivity contribution in [2.24, 2.45) is 0 Å². The number of hydrogen-bond donors (Lipinski definition) is 1. The van der Waals surface area contributed by atoms with E-state index in [1.54, 1.807) is 0 Å². The van der Waals surface area contributed by atoms with Crippen LogP contribution in [-0.4, -0.2) is 21.7 Å².